The van der Waals surface area contributed by atoms with Gasteiger partial charge in [0.25, 0.3) is 0 Å². The molecule has 0 bridgehead atoms. The van der Waals surface area contributed by atoms with Crippen LogP contribution in [-0.4, -0.2) is 0 Å². The molecular weight excluding hydrogens is 355 g/mol. The van der Waals surface area contributed by atoms with Gasteiger partial charge in [-0.1, -0.05) is 133 Å². The van der Waals surface area contributed by atoms with E-state index in [0.29, 0.717) is 5.66 Å². The topological polar surface area (TPSA) is 0 Å². The van der Waals surface area contributed by atoms with Crippen LogP contribution in [0.1, 0.15) is 16.8 Å². The standard InChI is InChI=1S/C27H23P/c1-5-13-23(14-6-1)21-22-27(24-15-7-2-8-16-24)28(25-17-9-3-10-18-25)26-19-11-4-12-20-26/h1-22,27H/b22-21+/t27-/m1/s1. The molecule has 0 aliphatic rings. The van der Waals surface area contributed by atoms with Crippen molar-refractivity contribution in [2.75, 3.05) is 0 Å². The molecule has 136 valence electrons. The van der Waals surface area contributed by atoms with E-state index in [1.807, 2.05) is 0 Å². The summed E-state index contributed by atoms with van der Waals surface area (Å²) in [6.07, 6.45) is 4.65. The summed E-state index contributed by atoms with van der Waals surface area (Å²) in [7, 11) is -0.574. The molecule has 4 aromatic rings. The summed E-state index contributed by atoms with van der Waals surface area (Å²) in [5, 5.41) is 2.80. The Morgan fingerprint density at radius 2 is 0.929 bits per heavy atom. The second kappa shape index (κ2) is 9.31. The van der Waals surface area contributed by atoms with Gasteiger partial charge in [-0.15, -0.1) is 0 Å². The highest BCUT2D eigenvalue weighted by atomic mass is 31.1. The predicted molar refractivity (Wildman–Crippen MR) is 124 cm³/mol. The second-order valence-corrected chi connectivity index (χ2v) is 9.00. The minimum absolute atomic E-state index is 0.307. The first-order valence-corrected chi connectivity index (χ1v) is 11.0. The van der Waals surface area contributed by atoms with Crippen molar-refractivity contribution in [1.82, 2.24) is 0 Å². The van der Waals surface area contributed by atoms with Crippen LogP contribution in [-0.2, 0) is 0 Å². The van der Waals surface area contributed by atoms with Crippen molar-refractivity contribution in [2.24, 2.45) is 0 Å². The van der Waals surface area contributed by atoms with Gasteiger partial charge in [-0.25, -0.2) is 0 Å². The number of allylic oxidation sites excluding steroid dienone is 1. The van der Waals surface area contributed by atoms with E-state index in [2.05, 4.69) is 133 Å². The molecule has 0 aliphatic heterocycles. The van der Waals surface area contributed by atoms with Crippen molar-refractivity contribution in [3.8, 4) is 0 Å². The molecule has 0 radical (unpaired) electrons. The maximum atomic E-state index is 2.39. The normalized spacial score (nSPS) is 12.3. The van der Waals surface area contributed by atoms with Crippen LogP contribution in [0.3, 0.4) is 0 Å². The fourth-order valence-corrected chi connectivity index (χ4v) is 6.07. The van der Waals surface area contributed by atoms with Gasteiger partial charge in [0.05, 0.1) is 0 Å². The maximum absolute atomic E-state index is 2.39. The summed E-state index contributed by atoms with van der Waals surface area (Å²) < 4.78 is 0. The third-order valence-corrected chi connectivity index (χ3v) is 7.49. The largest absolute Gasteiger partial charge is 0.0715 e. The molecule has 0 saturated carbocycles. The lowest BCUT2D eigenvalue weighted by atomic mass is 10.1. The Bertz CT molecular complexity index is 954. The van der Waals surface area contributed by atoms with Gasteiger partial charge >= 0.3 is 0 Å². The van der Waals surface area contributed by atoms with E-state index in [0.717, 1.165) is 0 Å². The highest BCUT2D eigenvalue weighted by Gasteiger charge is 2.24. The van der Waals surface area contributed by atoms with E-state index < -0.39 is 7.92 Å². The molecule has 1 heteroatoms. The van der Waals surface area contributed by atoms with E-state index >= 15 is 0 Å². The van der Waals surface area contributed by atoms with Crippen LogP contribution in [0.5, 0.6) is 0 Å². The average Bonchev–Trinajstić information content (AvgIpc) is 2.79. The van der Waals surface area contributed by atoms with Gasteiger partial charge in [-0.05, 0) is 29.7 Å². The van der Waals surface area contributed by atoms with Gasteiger partial charge in [-0.2, -0.15) is 0 Å². The lowest BCUT2D eigenvalue weighted by molar-refractivity contribution is 1.22. The number of benzene rings is 4. The monoisotopic (exact) mass is 378 g/mol. The average molecular weight is 378 g/mol. The quantitative estimate of drug-likeness (QED) is 0.333. The Morgan fingerprint density at radius 1 is 0.500 bits per heavy atom. The highest BCUT2D eigenvalue weighted by Crippen LogP contribution is 2.50. The van der Waals surface area contributed by atoms with Crippen molar-refractivity contribution in [2.45, 2.75) is 5.66 Å². The SMILES string of the molecule is C(=C\[C@H](c1ccccc1)P(c1ccccc1)c1ccccc1)/c1ccccc1. The highest BCUT2D eigenvalue weighted by molar-refractivity contribution is 7.73. The third kappa shape index (κ3) is 4.47. The molecular formula is C27H23P. The maximum Gasteiger partial charge on any atom is 0.0305 e. The molecule has 0 nitrogen and oxygen atoms in total. The number of rotatable bonds is 6. The molecule has 0 N–H and O–H groups in total. The molecule has 0 aromatic heterocycles. The summed E-state index contributed by atoms with van der Waals surface area (Å²) >= 11 is 0. The van der Waals surface area contributed by atoms with Crippen molar-refractivity contribution >= 4 is 24.6 Å². The van der Waals surface area contributed by atoms with E-state index in [9.17, 15) is 0 Å². The molecule has 0 heterocycles. The molecule has 0 spiro atoms. The van der Waals surface area contributed by atoms with Crippen molar-refractivity contribution in [3.63, 3.8) is 0 Å². The minimum Gasteiger partial charge on any atom is -0.0715 e. The summed E-state index contributed by atoms with van der Waals surface area (Å²) in [6.45, 7) is 0. The zero-order valence-corrected chi connectivity index (χ0v) is 16.6. The second-order valence-electron chi connectivity index (χ2n) is 6.67. The van der Waals surface area contributed by atoms with Gasteiger partial charge in [0, 0.05) is 5.66 Å². The first-order valence-electron chi connectivity index (χ1n) is 9.59. The van der Waals surface area contributed by atoms with Crippen molar-refractivity contribution in [1.29, 1.82) is 0 Å². The fraction of sp³-hybridized carbons (Fsp3) is 0.0370. The van der Waals surface area contributed by atoms with E-state index in [4.69, 9.17) is 0 Å². The molecule has 0 saturated heterocycles. The van der Waals surface area contributed by atoms with Crippen LogP contribution in [0.15, 0.2) is 127 Å². The van der Waals surface area contributed by atoms with Gasteiger partial charge in [0.1, 0.15) is 0 Å². The zero-order chi connectivity index (χ0) is 19.0. The van der Waals surface area contributed by atoms with Crippen LogP contribution >= 0.6 is 7.92 Å². The van der Waals surface area contributed by atoms with Crippen LogP contribution in [0.2, 0.25) is 0 Å². The Labute approximate surface area is 169 Å². The molecule has 0 amide bonds. The van der Waals surface area contributed by atoms with Crippen molar-refractivity contribution in [3.05, 3.63) is 139 Å². The van der Waals surface area contributed by atoms with Crippen LogP contribution in [0.4, 0.5) is 0 Å². The Hall–Kier alpha value is -2.95. The van der Waals surface area contributed by atoms with E-state index in [1.165, 1.54) is 21.7 Å². The molecule has 1 atom stereocenters. The Balaban J connectivity index is 1.83. The fourth-order valence-electron chi connectivity index (χ4n) is 3.41. The molecule has 0 fully saturated rings. The summed E-state index contributed by atoms with van der Waals surface area (Å²) in [6, 6.07) is 43.3. The first-order chi connectivity index (χ1) is 13.9. The zero-order valence-electron chi connectivity index (χ0n) is 15.7. The van der Waals surface area contributed by atoms with Gasteiger partial charge < -0.3 is 0 Å². The molecule has 0 aliphatic carbocycles. The molecule has 28 heavy (non-hydrogen) atoms. The summed E-state index contributed by atoms with van der Waals surface area (Å²) in [4.78, 5) is 0. The van der Waals surface area contributed by atoms with Gasteiger partial charge in [0.15, 0.2) is 0 Å². The summed E-state index contributed by atoms with van der Waals surface area (Å²) in [5.74, 6) is 0. The van der Waals surface area contributed by atoms with Gasteiger partial charge in [0.2, 0.25) is 0 Å². The minimum atomic E-state index is -0.574. The lowest BCUT2D eigenvalue weighted by Gasteiger charge is -2.27. The Kier molecular flexibility index (Phi) is 6.12. The smallest absolute Gasteiger partial charge is 0.0305 e. The Morgan fingerprint density at radius 3 is 1.43 bits per heavy atom. The van der Waals surface area contributed by atoms with E-state index in [-0.39, 0.29) is 0 Å². The van der Waals surface area contributed by atoms with Crippen molar-refractivity contribution < 1.29 is 0 Å². The number of hydrogen-bond acceptors (Lipinski definition) is 0. The van der Waals surface area contributed by atoms with Gasteiger partial charge in [-0.3, -0.25) is 0 Å². The predicted octanol–water partition coefficient (Wildman–Crippen LogP) is 6.57. The van der Waals surface area contributed by atoms with E-state index in [1.54, 1.807) is 0 Å². The van der Waals surface area contributed by atoms with Crippen LogP contribution in [0.25, 0.3) is 6.08 Å². The lowest BCUT2D eigenvalue weighted by Crippen LogP contribution is -2.16. The van der Waals surface area contributed by atoms with Crippen LogP contribution < -0.4 is 10.6 Å². The number of hydrogen-bond donors (Lipinski definition) is 0. The molecule has 0 unspecified atom stereocenters. The van der Waals surface area contributed by atoms with Crippen LogP contribution in [0, 0.1) is 0 Å². The first kappa shape index (κ1) is 18.4. The summed E-state index contributed by atoms with van der Waals surface area (Å²) in [5.41, 5.74) is 2.90. The molecule has 4 rings (SSSR count). The molecule has 4 aromatic carbocycles. The third-order valence-electron chi connectivity index (χ3n) is 4.76.